The van der Waals surface area contributed by atoms with Gasteiger partial charge in [0.05, 0.1) is 27.8 Å². The van der Waals surface area contributed by atoms with Crippen LogP contribution >= 0.6 is 0 Å². The maximum absolute atomic E-state index is 12.7. The molecule has 5 nitrogen and oxygen atoms in total. The number of hydrogen-bond acceptors (Lipinski definition) is 3. The van der Waals surface area contributed by atoms with Crippen LogP contribution in [-0.2, 0) is 42.7 Å². The second kappa shape index (κ2) is 17.4. The Balaban J connectivity index is 0.00000574. The summed E-state index contributed by atoms with van der Waals surface area (Å²) in [4.78, 5) is 10.9. The van der Waals surface area contributed by atoms with Crippen LogP contribution in [0.25, 0.3) is 78.0 Å². The van der Waals surface area contributed by atoms with Gasteiger partial charge in [-0.1, -0.05) is 207 Å². The van der Waals surface area contributed by atoms with Gasteiger partial charge < -0.3 is 9.67 Å². The van der Waals surface area contributed by atoms with Crippen molar-refractivity contribution in [2.24, 2.45) is 0 Å². The molecular formula is C67H59N4OPt-. The van der Waals surface area contributed by atoms with E-state index in [4.69, 9.17) is 9.97 Å². The Labute approximate surface area is 443 Å². The summed E-state index contributed by atoms with van der Waals surface area (Å²) in [6, 6.07) is 69.8. The Hall–Kier alpha value is -7.33. The summed E-state index contributed by atoms with van der Waals surface area (Å²) in [5.41, 5.74) is 17.0. The topological polar surface area (TPSA) is 55.9 Å². The summed E-state index contributed by atoms with van der Waals surface area (Å²) in [6.07, 6.45) is 1.89. The standard InChI is InChI=1S/C67H59N4O.Pt/c1-64(2,3)46-34-36-56(51(39-46)42-22-13-10-14-23-42)70-57-32-20-28-48(59(57)69-63(70)52-40-47(65(4,5)6)41-55(61(52)72)66(7,8)9)43-33-35-53-58(38-43)71-60-49(50-30-21-37-68-62(50)71)29-19-31-54(60)67(53,44-24-15-11-16-25-44)45-26-17-12-18-27-45;/h10-37,39-41,72H,1-9H3;/q-1;. The van der Waals surface area contributed by atoms with Crippen LogP contribution in [0.1, 0.15) is 101 Å². The van der Waals surface area contributed by atoms with Crippen LogP contribution < -0.4 is 0 Å². The number of phenolic OH excluding ortho intramolecular Hbond substituents is 1. The number of para-hydroxylation sites is 2. The maximum atomic E-state index is 12.7. The summed E-state index contributed by atoms with van der Waals surface area (Å²) in [6.45, 7) is 20.0. The minimum Gasteiger partial charge on any atom is -0.507 e. The number of imidazole rings is 1. The van der Waals surface area contributed by atoms with Gasteiger partial charge in [0.1, 0.15) is 17.2 Å². The van der Waals surface area contributed by atoms with Crippen LogP contribution in [0.3, 0.4) is 0 Å². The molecule has 4 heterocycles. The molecular weight excluding hydrogens is 1070 g/mol. The van der Waals surface area contributed by atoms with Crippen molar-refractivity contribution in [3.63, 3.8) is 0 Å². The summed E-state index contributed by atoms with van der Waals surface area (Å²) >= 11 is 0. The number of rotatable bonds is 6. The van der Waals surface area contributed by atoms with Crippen molar-refractivity contribution in [1.82, 2.24) is 19.1 Å². The van der Waals surface area contributed by atoms with E-state index in [1.54, 1.807) is 0 Å². The van der Waals surface area contributed by atoms with Crippen molar-refractivity contribution in [2.75, 3.05) is 0 Å². The van der Waals surface area contributed by atoms with Gasteiger partial charge in [0.2, 0.25) is 0 Å². The van der Waals surface area contributed by atoms with Crippen molar-refractivity contribution in [3.05, 3.63) is 233 Å². The van der Waals surface area contributed by atoms with Gasteiger partial charge in [0.15, 0.2) is 0 Å². The molecule has 0 atom stereocenters. The van der Waals surface area contributed by atoms with E-state index in [1.807, 2.05) is 12.3 Å². The van der Waals surface area contributed by atoms with Gasteiger partial charge in [0.25, 0.3) is 0 Å². The second-order valence-electron chi connectivity index (χ2n) is 22.7. The Morgan fingerprint density at radius 3 is 1.81 bits per heavy atom. The summed E-state index contributed by atoms with van der Waals surface area (Å²) in [5.74, 6) is 0.919. The largest absolute Gasteiger partial charge is 0.507 e. The van der Waals surface area contributed by atoms with Crippen molar-refractivity contribution >= 4 is 33.0 Å². The van der Waals surface area contributed by atoms with Gasteiger partial charge in [-0.25, -0.2) is 9.97 Å². The minimum absolute atomic E-state index is 0. The fraction of sp³-hybridized carbons (Fsp3) is 0.194. The molecule has 0 bridgehead atoms. The number of aromatic hydroxyl groups is 1. The van der Waals surface area contributed by atoms with Gasteiger partial charge in [-0.15, -0.1) is 23.8 Å². The van der Waals surface area contributed by atoms with Crippen molar-refractivity contribution in [1.29, 1.82) is 0 Å². The molecule has 0 unspecified atom stereocenters. The number of hydrogen-bond donors (Lipinski definition) is 1. The van der Waals surface area contributed by atoms with Crippen LogP contribution in [0, 0.1) is 6.07 Å². The molecule has 1 aliphatic heterocycles. The molecule has 0 aliphatic carbocycles. The smallest absolute Gasteiger partial charge is 0.148 e. The molecule has 0 radical (unpaired) electrons. The normalized spacial score (nSPS) is 13.3. The van der Waals surface area contributed by atoms with E-state index in [0.717, 1.165) is 83.3 Å². The average molecular weight is 1130 g/mol. The van der Waals surface area contributed by atoms with Gasteiger partial charge in [0, 0.05) is 54.6 Å². The first-order valence-corrected chi connectivity index (χ1v) is 25.2. The quantitative estimate of drug-likeness (QED) is 0.169. The molecule has 0 fully saturated rings. The molecule has 0 spiro atoms. The fourth-order valence-electron chi connectivity index (χ4n) is 11.4. The van der Waals surface area contributed by atoms with Crippen molar-refractivity contribution in [3.8, 4) is 50.8 Å². The van der Waals surface area contributed by atoms with Gasteiger partial charge in [-0.05, 0) is 91.7 Å². The predicted molar refractivity (Wildman–Crippen MR) is 298 cm³/mol. The van der Waals surface area contributed by atoms with E-state index in [0.29, 0.717) is 11.4 Å². The molecule has 6 heteroatoms. The van der Waals surface area contributed by atoms with E-state index in [1.165, 1.54) is 22.3 Å². The first-order valence-electron chi connectivity index (χ1n) is 25.2. The first-order chi connectivity index (χ1) is 34.5. The maximum Gasteiger partial charge on any atom is 0.148 e. The predicted octanol–water partition coefficient (Wildman–Crippen LogP) is 16.6. The molecule has 364 valence electrons. The monoisotopic (exact) mass is 1130 g/mol. The minimum atomic E-state index is -0.676. The van der Waals surface area contributed by atoms with Gasteiger partial charge in [-0.3, -0.25) is 4.57 Å². The number of benzene rings is 8. The molecule has 3 aromatic heterocycles. The van der Waals surface area contributed by atoms with E-state index < -0.39 is 5.41 Å². The van der Waals surface area contributed by atoms with E-state index in [9.17, 15) is 5.11 Å². The number of nitrogens with zero attached hydrogens (tertiary/aromatic N) is 4. The molecule has 1 aliphatic rings. The number of fused-ring (bicyclic) bond motifs is 6. The molecule has 0 saturated carbocycles. The number of phenols is 1. The van der Waals surface area contributed by atoms with Crippen molar-refractivity contribution < 1.29 is 26.2 Å². The van der Waals surface area contributed by atoms with Crippen molar-refractivity contribution in [2.45, 2.75) is 84.0 Å². The Kier molecular flexibility index (Phi) is 11.4. The van der Waals surface area contributed by atoms with E-state index in [-0.39, 0.29) is 43.1 Å². The van der Waals surface area contributed by atoms with Crippen LogP contribution in [0.5, 0.6) is 5.75 Å². The molecule has 0 amide bonds. The Bertz CT molecular complexity index is 3880. The third kappa shape index (κ3) is 7.53. The SMILES string of the molecule is CC(C)(C)c1ccc(-n2c(-c3cc(C(C)(C)C)cc(C(C)(C)C)c3O)nc3c(-c4[c-]c5c(cc4)C(c4ccccc4)(c4ccccc4)c4cccc6c7cccnc7n-5c46)cccc32)c(-c2ccccc2)c1.[Pt]. The van der Waals surface area contributed by atoms with Gasteiger partial charge in [-0.2, -0.15) is 0 Å². The zero-order valence-electron chi connectivity index (χ0n) is 43.0. The summed E-state index contributed by atoms with van der Waals surface area (Å²) in [7, 11) is 0. The molecule has 8 aromatic carbocycles. The van der Waals surface area contributed by atoms with Crippen LogP contribution in [-0.4, -0.2) is 24.2 Å². The zero-order valence-corrected chi connectivity index (χ0v) is 45.2. The Morgan fingerprint density at radius 1 is 0.521 bits per heavy atom. The van der Waals surface area contributed by atoms with E-state index >= 15 is 0 Å². The molecule has 12 rings (SSSR count). The van der Waals surface area contributed by atoms with Crippen LogP contribution in [0.4, 0.5) is 0 Å². The second-order valence-corrected chi connectivity index (χ2v) is 22.7. The van der Waals surface area contributed by atoms with E-state index in [2.05, 4.69) is 253 Å². The number of aromatic nitrogens is 4. The Morgan fingerprint density at radius 2 is 1.15 bits per heavy atom. The number of pyridine rings is 1. The van der Waals surface area contributed by atoms with Crippen LogP contribution in [0.15, 0.2) is 188 Å². The third-order valence-electron chi connectivity index (χ3n) is 15.1. The first kappa shape index (κ1) is 48.0. The molecule has 11 aromatic rings. The molecule has 0 saturated heterocycles. The summed E-state index contributed by atoms with van der Waals surface area (Å²) in [5, 5.41) is 15.0. The fourth-order valence-corrected chi connectivity index (χ4v) is 11.4. The third-order valence-corrected chi connectivity index (χ3v) is 15.1. The molecule has 73 heavy (non-hydrogen) atoms. The van der Waals surface area contributed by atoms with Gasteiger partial charge >= 0.3 is 0 Å². The average Bonchev–Trinajstić information content (AvgIpc) is 3.93. The van der Waals surface area contributed by atoms with Crippen LogP contribution in [0.2, 0.25) is 0 Å². The zero-order chi connectivity index (χ0) is 49.9. The summed E-state index contributed by atoms with van der Waals surface area (Å²) < 4.78 is 4.64. The molecule has 1 N–H and O–H groups in total.